The van der Waals surface area contributed by atoms with Crippen molar-refractivity contribution in [2.75, 3.05) is 0 Å². The lowest BCUT2D eigenvalue weighted by molar-refractivity contribution is 1.82. The molecule has 1 aromatic heterocycles. The van der Waals surface area contributed by atoms with Gasteiger partial charge in [-0.15, -0.1) is 11.3 Å². The van der Waals surface area contributed by atoms with Crippen molar-refractivity contribution in [3.8, 4) is 0 Å². The minimum absolute atomic E-state index is 0.270. The Bertz CT molecular complexity index is 269. The van der Waals surface area contributed by atoms with Crippen LogP contribution in [0.3, 0.4) is 0 Å². The zero-order chi connectivity index (χ0) is 8.43. The van der Waals surface area contributed by atoms with Crippen LogP contribution in [-0.4, -0.2) is 0 Å². The van der Waals surface area contributed by atoms with E-state index in [2.05, 4.69) is 31.9 Å². The minimum Gasteiger partial charge on any atom is -0.128 e. The fraction of sp³-hybridized carbons (Fsp3) is 0. The van der Waals surface area contributed by atoms with E-state index < -0.39 is 0 Å². The van der Waals surface area contributed by atoms with E-state index in [0.29, 0.717) is 0 Å². The van der Waals surface area contributed by atoms with Crippen molar-refractivity contribution in [2.24, 2.45) is 0 Å². The van der Waals surface area contributed by atoms with Crippen LogP contribution in [0.2, 0.25) is 0 Å². The molecule has 0 N–H and O–H groups in total. The summed E-state index contributed by atoms with van der Waals surface area (Å²) in [6, 6.07) is 1.94. The summed E-state index contributed by atoms with van der Waals surface area (Å²) in [4.78, 5) is 1.02. The molecular weight excluding hydrogens is 335 g/mol. The van der Waals surface area contributed by atoms with E-state index in [1.165, 1.54) is 0 Å². The van der Waals surface area contributed by atoms with Crippen LogP contribution in [-0.2, 0) is 0 Å². The highest BCUT2D eigenvalue weighted by atomic mass is 79.9. The van der Waals surface area contributed by atoms with Gasteiger partial charge in [0.2, 0.25) is 0 Å². The molecule has 0 aliphatic rings. The van der Waals surface area contributed by atoms with E-state index >= 15 is 0 Å². The Morgan fingerprint density at radius 2 is 2.09 bits per heavy atom. The lowest BCUT2D eigenvalue weighted by atomic mass is 10.5. The maximum absolute atomic E-state index is 5.48. The van der Waals surface area contributed by atoms with Gasteiger partial charge in [0.25, 0.3) is 0 Å². The number of hydrogen-bond donors (Lipinski definition) is 0. The van der Waals surface area contributed by atoms with Crippen LogP contribution < -0.4 is 0 Å². The van der Waals surface area contributed by atoms with Gasteiger partial charge >= 0.3 is 0 Å². The van der Waals surface area contributed by atoms with Crippen LogP contribution in [0, 0.1) is 0 Å². The number of rotatable bonds is 1. The van der Waals surface area contributed by atoms with Gasteiger partial charge in [0.1, 0.15) is 4.49 Å². The van der Waals surface area contributed by atoms with Crippen molar-refractivity contribution >= 4 is 72.5 Å². The molecule has 5 heteroatoms. The first-order chi connectivity index (χ1) is 5.09. The Hall–Kier alpha value is 0.980. The second kappa shape index (κ2) is 4.28. The highest BCUT2D eigenvalue weighted by molar-refractivity contribution is 9.13. The maximum Gasteiger partial charge on any atom is 0.108 e. The Morgan fingerprint density at radius 1 is 1.45 bits per heavy atom. The highest BCUT2D eigenvalue weighted by Gasteiger charge is 2.01. The molecule has 0 amide bonds. The summed E-state index contributed by atoms with van der Waals surface area (Å²) in [6.45, 7) is 0. The Morgan fingerprint density at radius 3 is 2.45 bits per heavy atom. The molecule has 0 aliphatic carbocycles. The van der Waals surface area contributed by atoms with Crippen LogP contribution >= 0.6 is 66.4 Å². The first-order valence-electron chi connectivity index (χ1n) is 2.57. The van der Waals surface area contributed by atoms with Gasteiger partial charge in [0, 0.05) is 9.35 Å². The third-order valence-electron chi connectivity index (χ3n) is 0.916. The molecule has 1 heterocycles. The second-order valence-electron chi connectivity index (χ2n) is 1.70. The summed E-state index contributed by atoms with van der Waals surface area (Å²) in [5.41, 5.74) is 0. The van der Waals surface area contributed by atoms with Gasteiger partial charge in [-0.1, -0.05) is 23.2 Å². The van der Waals surface area contributed by atoms with Crippen molar-refractivity contribution in [3.05, 3.63) is 23.7 Å². The molecular formula is C6H2Br2Cl2S. The number of halogens is 4. The first kappa shape index (κ1) is 10.1. The molecule has 60 valence electrons. The fourth-order valence-corrected chi connectivity index (χ4v) is 2.94. The largest absolute Gasteiger partial charge is 0.128 e. The quantitative estimate of drug-likeness (QED) is 0.673. The Kier molecular flexibility index (Phi) is 3.92. The lowest BCUT2D eigenvalue weighted by Gasteiger charge is -1.80. The average molecular weight is 337 g/mol. The summed E-state index contributed by atoms with van der Waals surface area (Å²) < 4.78 is 2.33. The second-order valence-corrected chi connectivity index (χ2v) is 5.97. The van der Waals surface area contributed by atoms with Gasteiger partial charge in [-0.05, 0) is 44.0 Å². The molecule has 0 aromatic carbocycles. The van der Waals surface area contributed by atoms with Gasteiger partial charge in [0.05, 0.1) is 3.79 Å². The zero-order valence-corrected chi connectivity index (χ0v) is 10.6. The van der Waals surface area contributed by atoms with Crippen molar-refractivity contribution in [1.82, 2.24) is 0 Å². The monoisotopic (exact) mass is 334 g/mol. The Balaban J connectivity index is 2.98. The molecule has 0 saturated carbocycles. The first-order valence-corrected chi connectivity index (χ1v) is 5.73. The smallest absolute Gasteiger partial charge is 0.108 e. The molecule has 0 atom stereocenters. The van der Waals surface area contributed by atoms with Crippen molar-refractivity contribution in [2.45, 2.75) is 0 Å². The predicted octanol–water partition coefficient (Wildman–Crippen LogP) is 5.05. The molecule has 0 spiro atoms. The summed E-state index contributed by atoms with van der Waals surface area (Å²) in [5.74, 6) is 0. The van der Waals surface area contributed by atoms with Gasteiger partial charge in [-0.2, -0.15) is 0 Å². The average Bonchev–Trinajstić information content (AvgIpc) is 2.10. The molecule has 1 rings (SSSR count). The topological polar surface area (TPSA) is 0 Å². The van der Waals surface area contributed by atoms with Crippen LogP contribution in [0.15, 0.2) is 18.8 Å². The van der Waals surface area contributed by atoms with Crippen molar-refractivity contribution in [1.29, 1.82) is 0 Å². The predicted molar refractivity (Wildman–Crippen MR) is 59.4 cm³/mol. The normalized spacial score (nSPS) is 9.82. The van der Waals surface area contributed by atoms with E-state index in [9.17, 15) is 0 Å². The third-order valence-corrected chi connectivity index (χ3v) is 4.34. The molecule has 0 unspecified atom stereocenters. The van der Waals surface area contributed by atoms with Crippen molar-refractivity contribution < 1.29 is 0 Å². The molecule has 0 radical (unpaired) electrons. The summed E-state index contributed by atoms with van der Waals surface area (Å²) >= 11 is 19.2. The molecule has 0 saturated heterocycles. The molecule has 1 aromatic rings. The maximum atomic E-state index is 5.48. The fourth-order valence-electron chi connectivity index (χ4n) is 0.542. The standard InChI is InChI=1S/C6H2Br2Cl2S/c7-4-1-3(2-5(9)10)11-6(4)8/h1-2H. The number of hydrogen-bond acceptors (Lipinski definition) is 1. The highest BCUT2D eigenvalue weighted by Crippen LogP contribution is 2.34. The summed E-state index contributed by atoms with van der Waals surface area (Å²) in [6.07, 6.45) is 1.70. The van der Waals surface area contributed by atoms with Gasteiger partial charge in [-0.3, -0.25) is 0 Å². The molecule has 11 heavy (non-hydrogen) atoms. The van der Waals surface area contributed by atoms with E-state index in [1.54, 1.807) is 17.4 Å². The molecule has 0 nitrogen and oxygen atoms in total. The summed E-state index contributed by atoms with van der Waals surface area (Å²) in [5, 5.41) is 0. The van der Waals surface area contributed by atoms with E-state index in [-0.39, 0.29) is 4.49 Å². The van der Waals surface area contributed by atoms with Gasteiger partial charge in [0.15, 0.2) is 0 Å². The van der Waals surface area contributed by atoms with Crippen LogP contribution in [0.5, 0.6) is 0 Å². The van der Waals surface area contributed by atoms with Crippen LogP contribution in [0.4, 0.5) is 0 Å². The minimum atomic E-state index is 0.270. The third kappa shape index (κ3) is 3.07. The van der Waals surface area contributed by atoms with Gasteiger partial charge in [-0.25, -0.2) is 0 Å². The van der Waals surface area contributed by atoms with Gasteiger partial charge < -0.3 is 0 Å². The van der Waals surface area contributed by atoms with Crippen LogP contribution in [0.1, 0.15) is 4.88 Å². The SMILES string of the molecule is ClC(Cl)=Cc1cc(Br)c(Br)s1. The zero-order valence-electron chi connectivity index (χ0n) is 5.07. The lowest BCUT2D eigenvalue weighted by Crippen LogP contribution is -1.55. The Labute approximate surface area is 95.5 Å². The molecule has 0 aliphatic heterocycles. The summed E-state index contributed by atoms with van der Waals surface area (Å²) in [7, 11) is 0. The van der Waals surface area contributed by atoms with E-state index in [1.807, 2.05) is 6.07 Å². The number of thiophene rings is 1. The van der Waals surface area contributed by atoms with Crippen LogP contribution in [0.25, 0.3) is 6.08 Å². The molecule has 0 bridgehead atoms. The van der Waals surface area contributed by atoms with E-state index in [0.717, 1.165) is 13.1 Å². The molecule has 0 fully saturated rings. The van der Waals surface area contributed by atoms with Crippen molar-refractivity contribution in [3.63, 3.8) is 0 Å². The van der Waals surface area contributed by atoms with E-state index in [4.69, 9.17) is 23.2 Å².